The molecule has 1 heterocycles. The molecule has 0 spiro atoms. The van der Waals surface area contributed by atoms with Gasteiger partial charge in [-0.3, -0.25) is 0 Å². The average Bonchev–Trinajstić information content (AvgIpc) is 2.53. The van der Waals surface area contributed by atoms with Crippen molar-refractivity contribution in [2.24, 2.45) is 5.73 Å². The van der Waals surface area contributed by atoms with Crippen LogP contribution >= 0.6 is 0 Å². The molecule has 1 atom stereocenters. The second-order valence-electron chi connectivity index (χ2n) is 3.12. The first kappa shape index (κ1) is 6.85. The Morgan fingerprint density at radius 1 is 1.73 bits per heavy atom. The van der Waals surface area contributed by atoms with E-state index in [1.165, 1.54) is 12.0 Å². The molecular formula is C8H12N2O. The minimum absolute atomic E-state index is 0.506. The van der Waals surface area contributed by atoms with Crippen LogP contribution in [0.1, 0.15) is 36.3 Å². The van der Waals surface area contributed by atoms with Crippen LogP contribution in [0.5, 0.6) is 0 Å². The van der Waals surface area contributed by atoms with Crippen LogP contribution in [0, 0.1) is 0 Å². The lowest BCUT2D eigenvalue weighted by molar-refractivity contribution is 0.363. The van der Waals surface area contributed by atoms with Gasteiger partial charge in [-0.15, -0.1) is 0 Å². The molecule has 11 heavy (non-hydrogen) atoms. The molecule has 0 aliphatic heterocycles. The molecule has 1 aromatic rings. The lowest BCUT2D eigenvalue weighted by Crippen LogP contribution is -1.99. The van der Waals surface area contributed by atoms with Gasteiger partial charge in [0.25, 0.3) is 0 Å². The molecule has 3 nitrogen and oxygen atoms in total. The van der Waals surface area contributed by atoms with Gasteiger partial charge in [0.2, 0.25) is 0 Å². The molecule has 1 aliphatic rings. The van der Waals surface area contributed by atoms with E-state index in [1.54, 1.807) is 0 Å². The fourth-order valence-electron chi connectivity index (χ4n) is 1.66. The third-order valence-electron chi connectivity index (χ3n) is 2.37. The van der Waals surface area contributed by atoms with E-state index >= 15 is 0 Å². The predicted molar refractivity (Wildman–Crippen MR) is 41.1 cm³/mol. The summed E-state index contributed by atoms with van der Waals surface area (Å²) >= 11 is 0. The number of hydrogen-bond acceptors (Lipinski definition) is 3. The maximum absolute atomic E-state index is 5.49. The molecule has 1 aliphatic carbocycles. The second kappa shape index (κ2) is 2.34. The molecule has 0 aromatic carbocycles. The first-order chi connectivity index (χ1) is 5.33. The highest BCUT2D eigenvalue weighted by Crippen LogP contribution is 2.34. The third kappa shape index (κ3) is 0.878. The third-order valence-corrected chi connectivity index (χ3v) is 2.37. The number of rotatable bonds is 1. The maximum Gasteiger partial charge on any atom is 0.143 e. The van der Waals surface area contributed by atoms with Gasteiger partial charge >= 0.3 is 0 Å². The smallest absolute Gasteiger partial charge is 0.143 e. The molecular weight excluding hydrogens is 140 g/mol. The molecule has 3 heteroatoms. The van der Waals surface area contributed by atoms with Gasteiger partial charge in [-0.25, -0.2) is 0 Å². The van der Waals surface area contributed by atoms with Crippen LogP contribution in [-0.2, 0) is 13.0 Å². The predicted octanol–water partition coefficient (Wildman–Crippen LogP) is 1.18. The summed E-state index contributed by atoms with van der Waals surface area (Å²) in [6.07, 6.45) is 2.27. The Balaban J connectivity index is 2.44. The second-order valence-corrected chi connectivity index (χ2v) is 3.12. The van der Waals surface area contributed by atoms with Gasteiger partial charge < -0.3 is 10.3 Å². The Labute approximate surface area is 65.6 Å². The average molecular weight is 152 g/mol. The molecule has 2 N–H and O–H groups in total. The van der Waals surface area contributed by atoms with Crippen molar-refractivity contribution < 1.29 is 4.52 Å². The highest BCUT2D eigenvalue weighted by atomic mass is 16.5. The van der Waals surface area contributed by atoms with Crippen molar-refractivity contribution in [1.29, 1.82) is 0 Å². The zero-order valence-electron chi connectivity index (χ0n) is 6.63. The van der Waals surface area contributed by atoms with Crippen molar-refractivity contribution in [2.45, 2.75) is 32.2 Å². The van der Waals surface area contributed by atoms with E-state index in [-0.39, 0.29) is 0 Å². The van der Waals surface area contributed by atoms with Crippen molar-refractivity contribution in [1.82, 2.24) is 5.16 Å². The number of nitrogens with two attached hydrogens (primary N) is 1. The van der Waals surface area contributed by atoms with Crippen LogP contribution < -0.4 is 5.73 Å². The molecule has 2 rings (SSSR count). The van der Waals surface area contributed by atoms with Crippen LogP contribution in [0.15, 0.2) is 4.52 Å². The monoisotopic (exact) mass is 152 g/mol. The van der Waals surface area contributed by atoms with Crippen molar-refractivity contribution in [3.8, 4) is 0 Å². The number of fused-ring (bicyclic) bond motifs is 1. The van der Waals surface area contributed by atoms with E-state index in [0.717, 1.165) is 17.9 Å². The van der Waals surface area contributed by atoms with E-state index in [9.17, 15) is 0 Å². The molecule has 60 valence electrons. The Hall–Kier alpha value is -0.830. The molecule has 0 saturated carbocycles. The fraction of sp³-hybridized carbons (Fsp3) is 0.625. The van der Waals surface area contributed by atoms with Crippen LogP contribution in [0.2, 0.25) is 0 Å². The maximum atomic E-state index is 5.49. The van der Waals surface area contributed by atoms with Gasteiger partial charge in [-0.2, -0.15) is 0 Å². The van der Waals surface area contributed by atoms with E-state index < -0.39 is 0 Å². The zero-order chi connectivity index (χ0) is 7.84. The first-order valence-corrected chi connectivity index (χ1v) is 4.00. The summed E-state index contributed by atoms with van der Waals surface area (Å²) < 4.78 is 5.18. The highest BCUT2D eigenvalue weighted by Gasteiger charge is 2.26. The molecule has 0 saturated heterocycles. The van der Waals surface area contributed by atoms with Gasteiger partial charge in [0, 0.05) is 18.0 Å². The quantitative estimate of drug-likeness (QED) is 0.657. The summed E-state index contributed by atoms with van der Waals surface area (Å²) in [5.74, 6) is 1.60. The minimum Gasteiger partial charge on any atom is -0.361 e. The van der Waals surface area contributed by atoms with Crippen molar-refractivity contribution in [2.75, 3.05) is 0 Å². The lowest BCUT2D eigenvalue weighted by atomic mass is 10.1. The normalized spacial score (nSPS) is 22.2. The van der Waals surface area contributed by atoms with Gasteiger partial charge in [0.15, 0.2) is 0 Å². The summed E-state index contributed by atoms with van der Waals surface area (Å²) in [6, 6.07) is 0. The molecule has 1 aromatic heterocycles. The molecule has 0 fully saturated rings. The Bertz CT molecular complexity index is 267. The summed E-state index contributed by atoms with van der Waals surface area (Å²) in [6.45, 7) is 2.67. The van der Waals surface area contributed by atoms with Crippen LogP contribution in [0.3, 0.4) is 0 Å². The summed E-state index contributed by atoms with van der Waals surface area (Å²) in [5.41, 5.74) is 7.70. The number of hydrogen-bond donors (Lipinski definition) is 1. The molecule has 0 amide bonds. The van der Waals surface area contributed by atoms with Gasteiger partial charge in [-0.05, 0) is 12.8 Å². The van der Waals surface area contributed by atoms with Crippen LogP contribution in [0.4, 0.5) is 0 Å². The molecule has 1 unspecified atom stereocenters. The fourth-order valence-corrected chi connectivity index (χ4v) is 1.66. The van der Waals surface area contributed by atoms with Crippen molar-refractivity contribution >= 4 is 0 Å². The van der Waals surface area contributed by atoms with Gasteiger partial charge in [-0.1, -0.05) is 12.1 Å². The largest absolute Gasteiger partial charge is 0.361 e. The summed E-state index contributed by atoms with van der Waals surface area (Å²) in [4.78, 5) is 0. The zero-order valence-corrected chi connectivity index (χ0v) is 6.63. The standard InChI is InChI=1S/C8H12N2O/c1-5-2-3-6-7(4-9)10-11-8(5)6/h5H,2-4,9H2,1H3. The highest BCUT2D eigenvalue weighted by molar-refractivity contribution is 5.29. The van der Waals surface area contributed by atoms with Crippen LogP contribution in [-0.4, -0.2) is 5.16 Å². The topological polar surface area (TPSA) is 52.0 Å². The van der Waals surface area contributed by atoms with Gasteiger partial charge in [0.1, 0.15) is 11.5 Å². The summed E-state index contributed by atoms with van der Waals surface area (Å²) in [7, 11) is 0. The van der Waals surface area contributed by atoms with E-state index in [0.29, 0.717) is 12.5 Å². The van der Waals surface area contributed by atoms with E-state index in [4.69, 9.17) is 10.3 Å². The van der Waals surface area contributed by atoms with E-state index in [1.807, 2.05) is 0 Å². The van der Waals surface area contributed by atoms with E-state index in [2.05, 4.69) is 12.1 Å². The van der Waals surface area contributed by atoms with Crippen LogP contribution in [0.25, 0.3) is 0 Å². The summed E-state index contributed by atoms with van der Waals surface area (Å²) in [5, 5.41) is 3.91. The van der Waals surface area contributed by atoms with Gasteiger partial charge in [0.05, 0.1) is 0 Å². The SMILES string of the molecule is CC1CCc2c(CN)noc21. The minimum atomic E-state index is 0.506. The lowest BCUT2D eigenvalue weighted by Gasteiger charge is -1.93. The van der Waals surface area contributed by atoms with Crippen molar-refractivity contribution in [3.05, 3.63) is 17.0 Å². The van der Waals surface area contributed by atoms with Crippen molar-refractivity contribution in [3.63, 3.8) is 0 Å². The number of nitrogens with zero attached hydrogens (tertiary/aromatic N) is 1. The number of aromatic nitrogens is 1. The Kier molecular flexibility index (Phi) is 1.46. The molecule has 0 radical (unpaired) electrons. The Morgan fingerprint density at radius 2 is 2.55 bits per heavy atom. The Morgan fingerprint density at radius 3 is 3.27 bits per heavy atom. The molecule has 0 bridgehead atoms. The first-order valence-electron chi connectivity index (χ1n) is 4.00.